The number of aromatic nitrogens is 1. The molecule has 0 atom stereocenters. The van der Waals surface area contributed by atoms with Gasteiger partial charge in [-0.15, -0.1) is 0 Å². The molecule has 1 aromatic heterocycles. The van der Waals surface area contributed by atoms with Crippen molar-refractivity contribution in [3.8, 4) is 0 Å². The lowest BCUT2D eigenvalue weighted by molar-refractivity contribution is -0.384. The monoisotopic (exact) mass is 197 g/mol. The first-order valence-corrected chi connectivity index (χ1v) is 3.85. The van der Waals surface area contributed by atoms with Gasteiger partial charge in [0, 0.05) is 20.2 Å². The van der Waals surface area contributed by atoms with Gasteiger partial charge in [-0.05, 0) is 6.07 Å². The third-order valence-electron chi connectivity index (χ3n) is 1.44. The lowest BCUT2D eigenvalue weighted by Gasteiger charge is -2.12. The standard InChI is InChI=1S/C7H11N5O2/c1-11(2)10-6-4-3-5(12(13)14)7(8)9-6/h3-4H,1-2H3,(H3,8,9,10). The second-order valence-electron chi connectivity index (χ2n) is 2.86. The maximum Gasteiger partial charge on any atom is 0.311 e. The molecule has 0 unspecified atom stereocenters. The highest BCUT2D eigenvalue weighted by Crippen LogP contribution is 2.20. The zero-order valence-corrected chi connectivity index (χ0v) is 7.89. The van der Waals surface area contributed by atoms with Crippen LogP contribution < -0.4 is 11.2 Å². The van der Waals surface area contributed by atoms with Crippen molar-refractivity contribution in [1.82, 2.24) is 9.99 Å². The molecule has 0 bridgehead atoms. The highest BCUT2D eigenvalue weighted by molar-refractivity contribution is 5.56. The molecule has 0 aromatic carbocycles. The molecule has 0 saturated heterocycles. The zero-order chi connectivity index (χ0) is 10.7. The van der Waals surface area contributed by atoms with Crippen molar-refractivity contribution >= 4 is 17.3 Å². The second-order valence-corrected chi connectivity index (χ2v) is 2.86. The van der Waals surface area contributed by atoms with Gasteiger partial charge in [-0.1, -0.05) is 0 Å². The molecule has 0 aliphatic rings. The number of anilines is 2. The van der Waals surface area contributed by atoms with E-state index in [1.165, 1.54) is 12.1 Å². The van der Waals surface area contributed by atoms with Crippen LogP contribution in [0.2, 0.25) is 0 Å². The summed E-state index contributed by atoms with van der Waals surface area (Å²) in [5.74, 6) is 0.375. The molecular weight excluding hydrogens is 186 g/mol. The fourth-order valence-corrected chi connectivity index (χ4v) is 0.913. The third-order valence-corrected chi connectivity index (χ3v) is 1.44. The summed E-state index contributed by atoms with van der Waals surface area (Å²) in [5.41, 5.74) is 8.03. The van der Waals surface area contributed by atoms with Crippen LogP contribution >= 0.6 is 0 Å². The van der Waals surface area contributed by atoms with Crippen LogP contribution in [-0.4, -0.2) is 29.0 Å². The molecule has 0 amide bonds. The normalized spacial score (nSPS) is 10.2. The van der Waals surface area contributed by atoms with Crippen LogP contribution in [0.15, 0.2) is 12.1 Å². The Bertz CT molecular complexity index is 352. The Hall–Kier alpha value is -1.89. The molecule has 0 aliphatic carbocycles. The van der Waals surface area contributed by atoms with E-state index < -0.39 is 4.92 Å². The molecule has 0 saturated carbocycles. The molecule has 76 valence electrons. The van der Waals surface area contributed by atoms with E-state index >= 15 is 0 Å². The molecule has 1 aromatic rings. The van der Waals surface area contributed by atoms with Crippen molar-refractivity contribution in [2.24, 2.45) is 0 Å². The number of nitro groups is 1. The number of hydrogen-bond acceptors (Lipinski definition) is 6. The van der Waals surface area contributed by atoms with E-state index in [2.05, 4.69) is 10.4 Å². The summed E-state index contributed by atoms with van der Waals surface area (Å²) in [6.07, 6.45) is 0. The van der Waals surface area contributed by atoms with Gasteiger partial charge >= 0.3 is 5.69 Å². The molecule has 0 aliphatic heterocycles. The first-order valence-electron chi connectivity index (χ1n) is 3.85. The highest BCUT2D eigenvalue weighted by atomic mass is 16.6. The molecule has 0 radical (unpaired) electrons. The maximum absolute atomic E-state index is 10.4. The maximum atomic E-state index is 10.4. The van der Waals surface area contributed by atoms with Crippen LogP contribution in [0.5, 0.6) is 0 Å². The number of rotatable bonds is 3. The number of nitrogens with one attached hydrogen (secondary N) is 1. The minimum Gasteiger partial charge on any atom is -0.378 e. The Morgan fingerprint density at radius 2 is 2.21 bits per heavy atom. The van der Waals surface area contributed by atoms with E-state index in [4.69, 9.17) is 5.73 Å². The van der Waals surface area contributed by atoms with Gasteiger partial charge in [-0.3, -0.25) is 10.1 Å². The molecule has 7 nitrogen and oxygen atoms in total. The minimum absolute atomic E-state index is 0.0955. The van der Waals surface area contributed by atoms with Crippen LogP contribution in [0.25, 0.3) is 0 Å². The summed E-state index contributed by atoms with van der Waals surface area (Å²) in [4.78, 5) is 13.7. The van der Waals surface area contributed by atoms with Gasteiger partial charge in [0.05, 0.1) is 4.92 Å². The lowest BCUT2D eigenvalue weighted by atomic mass is 10.4. The summed E-state index contributed by atoms with van der Waals surface area (Å²) in [6.45, 7) is 0. The van der Waals surface area contributed by atoms with Gasteiger partial charge in [0.25, 0.3) is 0 Å². The van der Waals surface area contributed by atoms with Crippen molar-refractivity contribution in [3.05, 3.63) is 22.2 Å². The van der Waals surface area contributed by atoms with Crippen molar-refractivity contribution < 1.29 is 4.92 Å². The number of nitrogen functional groups attached to an aromatic ring is 1. The van der Waals surface area contributed by atoms with Crippen molar-refractivity contribution in [2.75, 3.05) is 25.3 Å². The highest BCUT2D eigenvalue weighted by Gasteiger charge is 2.12. The van der Waals surface area contributed by atoms with Crippen LogP contribution in [-0.2, 0) is 0 Å². The molecule has 14 heavy (non-hydrogen) atoms. The zero-order valence-electron chi connectivity index (χ0n) is 7.89. The quantitative estimate of drug-likeness (QED) is 0.539. The molecular formula is C7H11N5O2. The summed E-state index contributed by atoms with van der Waals surface area (Å²) < 4.78 is 0. The van der Waals surface area contributed by atoms with E-state index in [0.717, 1.165) is 0 Å². The fourth-order valence-electron chi connectivity index (χ4n) is 0.913. The Labute approximate surface area is 80.7 Å². The van der Waals surface area contributed by atoms with Crippen molar-refractivity contribution in [1.29, 1.82) is 0 Å². The van der Waals surface area contributed by atoms with Crippen LogP contribution in [0.3, 0.4) is 0 Å². The largest absolute Gasteiger partial charge is 0.378 e. The van der Waals surface area contributed by atoms with Gasteiger partial charge in [-0.25, -0.2) is 9.99 Å². The number of nitrogens with two attached hydrogens (primary N) is 1. The molecule has 1 rings (SSSR count). The number of hydrogen-bond donors (Lipinski definition) is 2. The first-order chi connectivity index (χ1) is 6.50. The molecule has 0 spiro atoms. The summed E-state index contributed by atoms with van der Waals surface area (Å²) in [6, 6.07) is 2.81. The van der Waals surface area contributed by atoms with Crippen LogP contribution in [0.1, 0.15) is 0 Å². The molecule has 0 fully saturated rings. The predicted molar refractivity (Wildman–Crippen MR) is 52.6 cm³/mol. The Balaban J connectivity index is 2.94. The number of hydrazine groups is 1. The van der Waals surface area contributed by atoms with Crippen molar-refractivity contribution in [2.45, 2.75) is 0 Å². The van der Waals surface area contributed by atoms with Gasteiger partial charge in [-0.2, -0.15) is 0 Å². The topological polar surface area (TPSA) is 97.3 Å². The van der Waals surface area contributed by atoms with Gasteiger partial charge < -0.3 is 11.2 Å². The van der Waals surface area contributed by atoms with E-state index in [1.54, 1.807) is 19.1 Å². The summed E-state index contributed by atoms with van der Waals surface area (Å²) in [7, 11) is 3.55. The lowest BCUT2D eigenvalue weighted by Crippen LogP contribution is -2.20. The van der Waals surface area contributed by atoms with Crippen molar-refractivity contribution in [3.63, 3.8) is 0 Å². The Morgan fingerprint density at radius 1 is 1.57 bits per heavy atom. The second kappa shape index (κ2) is 3.88. The van der Waals surface area contributed by atoms with E-state index in [9.17, 15) is 10.1 Å². The number of nitrogens with zero attached hydrogens (tertiary/aromatic N) is 3. The van der Waals surface area contributed by atoms with E-state index in [0.29, 0.717) is 5.82 Å². The SMILES string of the molecule is CN(C)Nc1ccc([N+](=O)[O-])c(N)n1. The van der Waals surface area contributed by atoms with E-state index in [1.807, 2.05) is 0 Å². The first kappa shape index (κ1) is 10.2. The predicted octanol–water partition coefficient (Wildman–Crippen LogP) is 0.461. The average molecular weight is 197 g/mol. The van der Waals surface area contributed by atoms with Gasteiger partial charge in [0.1, 0.15) is 5.82 Å². The smallest absolute Gasteiger partial charge is 0.311 e. The summed E-state index contributed by atoms with van der Waals surface area (Å²) >= 11 is 0. The molecule has 3 N–H and O–H groups in total. The average Bonchev–Trinajstić information content (AvgIpc) is 2.01. The summed E-state index contributed by atoms with van der Waals surface area (Å²) in [5, 5.41) is 12.1. The molecule has 1 heterocycles. The van der Waals surface area contributed by atoms with Crippen LogP contribution in [0, 0.1) is 10.1 Å². The Kier molecular flexibility index (Phi) is 2.82. The Morgan fingerprint density at radius 3 is 2.64 bits per heavy atom. The van der Waals surface area contributed by atoms with Gasteiger partial charge in [0.2, 0.25) is 5.82 Å². The number of pyridine rings is 1. The fraction of sp³-hybridized carbons (Fsp3) is 0.286. The minimum atomic E-state index is -0.568. The van der Waals surface area contributed by atoms with E-state index in [-0.39, 0.29) is 11.5 Å². The van der Waals surface area contributed by atoms with Crippen LogP contribution in [0.4, 0.5) is 17.3 Å². The van der Waals surface area contributed by atoms with Gasteiger partial charge in [0.15, 0.2) is 0 Å². The third kappa shape index (κ3) is 2.30. The molecule has 7 heteroatoms.